The zero-order chi connectivity index (χ0) is 13.1. The summed E-state index contributed by atoms with van der Waals surface area (Å²) in [4.78, 5) is 0. The van der Waals surface area contributed by atoms with Crippen LogP contribution in [0.4, 0.5) is 0 Å². The van der Waals surface area contributed by atoms with Gasteiger partial charge in [-0.3, -0.25) is 0 Å². The van der Waals surface area contributed by atoms with Crippen molar-refractivity contribution in [2.45, 2.75) is 19.4 Å². The average Bonchev–Trinajstić information content (AvgIpc) is 2.85. The molecule has 0 amide bonds. The maximum absolute atomic E-state index is 3.61. The number of aromatic nitrogens is 1. The van der Waals surface area contributed by atoms with Crippen molar-refractivity contribution in [1.82, 2.24) is 4.57 Å². The van der Waals surface area contributed by atoms with Crippen molar-refractivity contribution in [3.05, 3.63) is 70.8 Å². The first-order chi connectivity index (χ1) is 9.34. The Kier molecular flexibility index (Phi) is 3.69. The maximum Gasteiger partial charge on any atom is 0.0480 e. The third-order valence-corrected chi connectivity index (χ3v) is 4.26. The molecule has 2 aromatic carbocycles. The number of hydrogen-bond donors (Lipinski definition) is 0. The fraction of sp³-hybridized carbons (Fsp3) is 0.176. The van der Waals surface area contributed by atoms with E-state index < -0.39 is 0 Å². The Hall–Kier alpha value is -1.54. The van der Waals surface area contributed by atoms with Crippen molar-refractivity contribution in [2.75, 3.05) is 0 Å². The van der Waals surface area contributed by atoms with Crippen molar-refractivity contribution in [2.24, 2.45) is 0 Å². The predicted octanol–water partition coefficient (Wildman–Crippen LogP) is 5.04. The van der Waals surface area contributed by atoms with Crippen LogP contribution >= 0.6 is 15.9 Å². The lowest BCUT2D eigenvalue weighted by atomic mass is 10.1. The van der Waals surface area contributed by atoms with Crippen molar-refractivity contribution in [1.29, 1.82) is 0 Å². The number of para-hydroxylation sites is 1. The summed E-state index contributed by atoms with van der Waals surface area (Å²) in [7, 11) is 0. The smallest absolute Gasteiger partial charge is 0.0480 e. The van der Waals surface area contributed by atoms with Crippen LogP contribution in [0.25, 0.3) is 10.9 Å². The Bertz CT molecular complexity index is 684. The van der Waals surface area contributed by atoms with E-state index in [2.05, 4.69) is 81.3 Å². The molecule has 0 unspecified atom stereocenters. The monoisotopic (exact) mass is 313 g/mol. The second-order valence-corrected chi connectivity index (χ2v) is 5.62. The molecule has 0 fully saturated rings. The van der Waals surface area contributed by atoms with Gasteiger partial charge in [-0.05, 0) is 42.0 Å². The first kappa shape index (κ1) is 12.5. The highest BCUT2D eigenvalue weighted by Gasteiger charge is 2.01. The van der Waals surface area contributed by atoms with E-state index in [1.165, 1.54) is 20.9 Å². The Morgan fingerprint density at radius 3 is 2.58 bits per heavy atom. The van der Waals surface area contributed by atoms with Crippen LogP contribution in [-0.2, 0) is 13.0 Å². The average molecular weight is 314 g/mol. The van der Waals surface area contributed by atoms with E-state index in [1.54, 1.807) is 0 Å². The number of aryl methyl sites for hydroxylation is 2. The lowest BCUT2D eigenvalue weighted by Crippen LogP contribution is -1.98. The SMILES string of the molecule is Brc1ccccc1CCCn1ccc2ccccc21. The molecular formula is C17H16BrN. The van der Waals surface area contributed by atoms with Gasteiger partial charge >= 0.3 is 0 Å². The quantitative estimate of drug-likeness (QED) is 0.636. The summed E-state index contributed by atoms with van der Waals surface area (Å²) in [6.07, 6.45) is 4.44. The lowest BCUT2D eigenvalue weighted by Gasteiger charge is -2.07. The molecule has 0 saturated carbocycles. The van der Waals surface area contributed by atoms with Gasteiger partial charge < -0.3 is 4.57 Å². The van der Waals surface area contributed by atoms with E-state index >= 15 is 0 Å². The largest absolute Gasteiger partial charge is 0.347 e. The highest BCUT2D eigenvalue weighted by atomic mass is 79.9. The highest BCUT2D eigenvalue weighted by Crippen LogP contribution is 2.19. The topological polar surface area (TPSA) is 4.93 Å². The van der Waals surface area contributed by atoms with E-state index in [1.807, 2.05) is 0 Å². The number of halogens is 1. The summed E-state index contributed by atoms with van der Waals surface area (Å²) in [5, 5.41) is 1.32. The van der Waals surface area contributed by atoms with E-state index in [0.717, 1.165) is 19.4 Å². The minimum Gasteiger partial charge on any atom is -0.347 e. The number of fused-ring (bicyclic) bond motifs is 1. The normalized spacial score (nSPS) is 11.0. The van der Waals surface area contributed by atoms with Gasteiger partial charge in [0.15, 0.2) is 0 Å². The molecule has 2 heteroatoms. The standard InChI is InChI=1S/C17H16BrN/c18-16-9-3-1-6-14(16)8-5-12-19-13-11-15-7-2-4-10-17(15)19/h1-4,6-7,9-11,13H,5,8,12H2. The molecule has 1 nitrogen and oxygen atoms in total. The van der Waals surface area contributed by atoms with Gasteiger partial charge in [-0.15, -0.1) is 0 Å². The minimum atomic E-state index is 1.06. The summed E-state index contributed by atoms with van der Waals surface area (Å²) >= 11 is 3.61. The van der Waals surface area contributed by atoms with Crippen LogP contribution in [0.5, 0.6) is 0 Å². The summed E-state index contributed by atoms with van der Waals surface area (Å²) < 4.78 is 3.55. The summed E-state index contributed by atoms with van der Waals surface area (Å²) in [6.45, 7) is 1.06. The zero-order valence-corrected chi connectivity index (χ0v) is 12.3. The van der Waals surface area contributed by atoms with Gasteiger partial charge in [0.25, 0.3) is 0 Å². The van der Waals surface area contributed by atoms with E-state index in [9.17, 15) is 0 Å². The second-order valence-electron chi connectivity index (χ2n) is 4.76. The second kappa shape index (κ2) is 5.62. The van der Waals surface area contributed by atoms with Gasteiger partial charge in [0.2, 0.25) is 0 Å². The molecule has 19 heavy (non-hydrogen) atoms. The predicted molar refractivity (Wildman–Crippen MR) is 84.4 cm³/mol. The first-order valence-electron chi connectivity index (χ1n) is 6.62. The van der Waals surface area contributed by atoms with E-state index in [-0.39, 0.29) is 0 Å². The van der Waals surface area contributed by atoms with Crippen molar-refractivity contribution >= 4 is 26.8 Å². The lowest BCUT2D eigenvalue weighted by molar-refractivity contribution is 0.661. The van der Waals surface area contributed by atoms with Gasteiger partial charge in [0.05, 0.1) is 0 Å². The van der Waals surface area contributed by atoms with Crippen LogP contribution in [0, 0.1) is 0 Å². The summed E-state index contributed by atoms with van der Waals surface area (Å²) in [6, 6.07) is 19.2. The van der Waals surface area contributed by atoms with Crippen molar-refractivity contribution in [3.63, 3.8) is 0 Å². The molecule has 96 valence electrons. The van der Waals surface area contributed by atoms with Crippen LogP contribution in [-0.4, -0.2) is 4.57 Å². The van der Waals surface area contributed by atoms with Crippen LogP contribution in [0.3, 0.4) is 0 Å². The Morgan fingerprint density at radius 2 is 1.68 bits per heavy atom. The number of nitrogens with zero attached hydrogens (tertiary/aromatic N) is 1. The molecule has 0 radical (unpaired) electrons. The van der Waals surface area contributed by atoms with Gasteiger partial charge in [-0.1, -0.05) is 52.3 Å². The molecule has 0 N–H and O–H groups in total. The van der Waals surface area contributed by atoms with Gasteiger partial charge in [-0.25, -0.2) is 0 Å². The minimum absolute atomic E-state index is 1.06. The summed E-state index contributed by atoms with van der Waals surface area (Å²) in [5.74, 6) is 0. The van der Waals surface area contributed by atoms with Crippen LogP contribution < -0.4 is 0 Å². The van der Waals surface area contributed by atoms with Crippen LogP contribution in [0.1, 0.15) is 12.0 Å². The number of hydrogen-bond acceptors (Lipinski definition) is 0. The molecule has 0 aliphatic heterocycles. The number of rotatable bonds is 4. The maximum atomic E-state index is 3.61. The third-order valence-electron chi connectivity index (χ3n) is 3.48. The summed E-state index contributed by atoms with van der Waals surface area (Å²) in [5.41, 5.74) is 2.72. The van der Waals surface area contributed by atoms with Crippen LogP contribution in [0.2, 0.25) is 0 Å². The molecule has 0 aliphatic carbocycles. The van der Waals surface area contributed by atoms with Gasteiger partial charge in [-0.2, -0.15) is 0 Å². The molecule has 1 heterocycles. The van der Waals surface area contributed by atoms with Crippen molar-refractivity contribution < 1.29 is 0 Å². The van der Waals surface area contributed by atoms with Crippen LogP contribution in [0.15, 0.2) is 65.3 Å². The molecule has 3 aromatic rings. The molecule has 0 spiro atoms. The molecule has 3 rings (SSSR count). The zero-order valence-electron chi connectivity index (χ0n) is 10.7. The molecule has 1 aromatic heterocycles. The number of benzene rings is 2. The Morgan fingerprint density at radius 1 is 0.895 bits per heavy atom. The Labute approximate surface area is 122 Å². The fourth-order valence-electron chi connectivity index (χ4n) is 2.48. The first-order valence-corrected chi connectivity index (χ1v) is 7.41. The molecular weight excluding hydrogens is 298 g/mol. The molecule has 0 atom stereocenters. The highest BCUT2D eigenvalue weighted by molar-refractivity contribution is 9.10. The Balaban J connectivity index is 1.68. The molecule has 0 aliphatic rings. The van der Waals surface area contributed by atoms with E-state index in [0.29, 0.717) is 0 Å². The molecule has 0 saturated heterocycles. The van der Waals surface area contributed by atoms with Crippen molar-refractivity contribution in [3.8, 4) is 0 Å². The molecule has 0 bridgehead atoms. The van der Waals surface area contributed by atoms with E-state index in [4.69, 9.17) is 0 Å². The third kappa shape index (κ3) is 2.74. The fourth-order valence-corrected chi connectivity index (χ4v) is 2.96. The van der Waals surface area contributed by atoms with Gasteiger partial charge in [0, 0.05) is 22.7 Å². The van der Waals surface area contributed by atoms with Gasteiger partial charge in [0.1, 0.15) is 0 Å².